The minimum absolute atomic E-state index is 0.123. The van der Waals surface area contributed by atoms with Crippen molar-refractivity contribution in [3.63, 3.8) is 0 Å². The van der Waals surface area contributed by atoms with Gasteiger partial charge in [-0.2, -0.15) is 0 Å². The summed E-state index contributed by atoms with van der Waals surface area (Å²) in [5.74, 6) is 0. The topological polar surface area (TPSA) is 32.5 Å². The zero-order chi connectivity index (χ0) is 13.1. The quantitative estimate of drug-likeness (QED) is 0.900. The van der Waals surface area contributed by atoms with Gasteiger partial charge in [0.1, 0.15) is 0 Å². The SMILES string of the molecule is CN1CCN(C)C(C(N)Cc2ccccc2Cl)C1. The van der Waals surface area contributed by atoms with Gasteiger partial charge in [-0.15, -0.1) is 0 Å². The highest BCUT2D eigenvalue weighted by molar-refractivity contribution is 6.31. The fourth-order valence-corrected chi connectivity index (χ4v) is 2.77. The van der Waals surface area contributed by atoms with Crippen LogP contribution in [0.2, 0.25) is 5.02 Å². The molecular formula is C14H22ClN3. The monoisotopic (exact) mass is 267 g/mol. The van der Waals surface area contributed by atoms with Crippen LogP contribution in [0, 0.1) is 0 Å². The maximum atomic E-state index is 6.37. The molecule has 4 heteroatoms. The molecule has 0 aliphatic carbocycles. The highest BCUT2D eigenvalue weighted by Crippen LogP contribution is 2.19. The lowest BCUT2D eigenvalue weighted by Gasteiger charge is -2.40. The average molecular weight is 268 g/mol. The van der Waals surface area contributed by atoms with Crippen molar-refractivity contribution in [2.45, 2.75) is 18.5 Å². The molecule has 100 valence electrons. The molecular weight excluding hydrogens is 246 g/mol. The van der Waals surface area contributed by atoms with Gasteiger partial charge in [-0.3, -0.25) is 4.90 Å². The van der Waals surface area contributed by atoms with Crippen molar-refractivity contribution in [2.75, 3.05) is 33.7 Å². The van der Waals surface area contributed by atoms with Gasteiger partial charge in [-0.05, 0) is 32.1 Å². The second-order valence-electron chi connectivity index (χ2n) is 5.27. The van der Waals surface area contributed by atoms with Crippen molar-refractivity contribution in [1.82, 2.24) is 9.80 Å². The van der Waals surface area contributed by atoms with Crippen LogP contribution in [0.25, 0.3) is 0 Å². The molecule has 1 aromatic carbocycles. The van der Waals surface area contributed by atoms with E-state index in [4.69, 9.17) is 17.3 Å². The molecule has 0 bridgehead atoms. The van der Waals surface area contributed by atoms with E-state index in [1.54, 1.807) is 0 Å². The summed E-state index contributed by atoms with van der Waals surface area (Å²) < 4.78 is 0. The maximum absolute atomic E-state index is 6.37. The number of nitrogens with zero attached hydrogens (tertiary/aromatic N) is 2. The lowest BCUT2D eigenvalue weighted by atomic mass is 9.97. The summed E-state index contributed by atoms with van der Waals surface area (Å²) in [6.45, 7) is 3.23. The van der Waals surface area contributed by atoms with Crippen LogP contribution in [0.5, 0.6) is 0 Å². The third-order valence-electron chi connectivity index (χ3n) is 3.81. The number of benzene rings is 1. The number of hydrogen-bond acceptors (Lipinski definition) is 3. The fourth-order valence-electron chi connectivity index (χ4n) is 2.56. The third-order valence-corrected chi connectivity index (χ3v) is 4.18. The second kappa shape index (κ2) is 6.02. The molecule has 1 saturated heterocycles. The molecule has 0 radical (unpaired) electrons. The van der Waals surface area contributed by atoms with E-state index in [1.165, 1.54) is 0 Å². The summed E-state index contributed by atoms with van der Waals surface area (Å²) in [7, 11) is 4.31. The Bertz CT molecular complexity index is 396. The molecule has 18 heavy (non-hydrogen) atoms. The lowest BCUT2D eigenvalue weighted by molar-refractivity contribution is 0.0973. The van der Waals surface area contributed by atoms with Crippen LogP contribution in [0.1, 0.15) is 5.56 Å². The summed E-state index contributed by atoms with van der Waals surface area (Å²) >= 11 is 6.19. The van der Waals surface area contributed by atoms with Crippen LogP contribution in [0.4, 0.5) is 0 Å². The third kappa shape index (κ3) is 3.23. The summed E-state index contributed by atoms with van der Waals surface area (Å²) in [6.07, 6.45) is 0.836. The van der Waals surface area contributed by atoms with Crippen molar-refractivity contribution < 1.29 is 0 Å². The van der Waals surface area contributed by atoms with E-state index in [0.717, 1.165) is 36.6 Å². The minimum atomic E-state index is 0.123. The van der Waals surface area contributed by atoms with Gasteiger partial charge in [0.15, 0.2) is 0 Å². The van der Waals surface area contributed by atoms with Gasteiger partial charge in [0.2, 0.25) is 0 Å². The average Bonchev–Trinajstić information content (AvgIpc) is 2.35. The van der Waals surface area contributed by atoms with Crippen LogP contribution < -0.4 is 5.73 Å². The molecule has 2 N–H and O–H groups in total. The van der Waals surface area contributed by atoms with E-state index in [-0.39, 0.29) is 6.04 Å². The molecule has 1 aliphatic heterocycles. The molecule has 0 amide bonds. The predicted molar refractivity (Wildman–Crippen MR) is 77.0 cm³/mol. The van der Waals surface area contributed by atoms with Crippen molar-refractivity contribution in [3.05, 3.63) is 34.9 Å². The Morgan fingerprint density at radius 3 is 2.78 bits per heavy atom. The van der Waals surface area contributed by atoms with Gasteiger partial charge in [0.05, 0.1) is 0 Å². The zero-order valence-corrected chi connectivity index (χ0v) is 11.9. The fraction of sp³-hybridized carbons (Fsp3) is 0.571. The minimum Gasteiger partial charge on any atom is -0.326 e. The molecule has 2 atom stereocenters. The molecule has 1 fully saturated rings. The van der Waals surface area contributed by atoms with Crippen LogP contribution in [-0.4, -0.2) is 55.6 Å². The molecule has 2 rings (SSSR count). The molecule has 0 saturated carbocycles. The zero-order valence-electron chi connectivity index (χ0n) is 11.1. The maximum Gasteiger partial charge on any atom is 0.0438 e. The highest BCUT2D eigenvalue weighted by Gasteiger charge is 2.27. The van der Waals surface area contributed by atoms with Crippen LogP contribution >= 0.6 is 11.6 Å². The largest absolute Gasteiger partial charge is 0.326 e. The Hall–Kier alpha value is -0.610. The van der Waals surface area contributed by atoms with Crippen LogP contribution in [0.3, 0.4) is 0 Å². The van der Waals surface area contributed by atoms with E-state index in [0.29, 0.717) is 6.04 Å². The molecule has 3 nitrogen and oxygen atoms in total. The van der Waals surface area contributed by atoms with Gasteiger partial charge in [-0.1, -0.05) is 29.8 Å². The predicted octanol–water partition coefficient (Wildman–Crippen LogP) is 1.46. The van der Waals surface area contributed by atoms with E-state index >= 15 is 0 Å². The first kappa shape index (κ1) is 13.8. The van der Waals surface area contributed by atoms with Crippen LogP contribution in [-0.2, 0) is 6.42 Å². The van der Waals surface area contributed by atoms with Crippen molar-refractivity contribution in [3.8, 4) is 0 Å². The number of hydrogen-bond donors (Lipinski definition) is 1. The number of halogens is 1. The first-order valence-electron chi connectivity index (χ1n) is 6.45. The molecule has 1 heterocycles. The van der Waals surface area contributed by atoms with Crippen molar-refractivity contribution in [1.29, 1.82) is 0 Å². The smallest absolute Gasteiger partial charge is 0.0438 e. The Kier molecular flexibility index (Phi) is 4.62. The van der Waals surface area contributed by atoms with Gasteiger partial charge >= 0.3 is 0 Å². The first-order chi connectivity index (χ1) is 8.58. The van der Waals surface area contributed by atoms with Gasteiger partial charge < -0.3 is 10.6 Å². The van der Waals surface area contributed by atoms with E-state index in [2.05, 4.69) is 30.0 Å². The van der Waals surface area contributed by atoms with Crippen molar-refractivity contribution >= 4 is 11.6 Å². The molecule has 1 aromatic rings. The Labute approximate surface area is 115 Å². The van der Waals surface area contributed by atoms with Crippen LogP contribution in [0.15, 0.2) is 24.3 Å². The summed E-state index contributed by atoms with van der Waals surface area (Å²) in [5, 5.41) is 0.819. The van der Waals surface area contributed by atoms with Gasteiger partial charge in [-0.25, -0.2) is 0 Å². The van der Waals surface area contributed by atoms with Gasteiger partial charge in [0.25, 0.3) is 0 Å². The second-order valence-corrected chi connectivity index (χ2v) is 5.68. The summed E-state index contributed by atoms with van der Waals surface area (Å²) in [4.78, 5) is 4.71. The Morgan fingerprint density at radius 1 is 1.33 bits per heavy atom. The summed E-state index contributed by atoms with van der Waals surface area (Å²) in [5.41, 5.74) is 7.52. The van der Waals surface area contributed by atoms with Gasteiger partial charge in [0, 0.05) is 36.7 Å². The Balaban J connectivity index is 2.03. The normalized spacial score (nSPS) is 24.1. The number of nitrogens with two attached hydrogens (primary N) is 1. The lowest BCUT2D eigenvalue weighted by Crippen LogP contribution is -2.58. The molecule has 2 unspecified atom stereocenters. The molecule has 0 spiro atoms. The highest BCUT2D eigenvalue weighted by atomic mass is 35.5. The van der Waals surface area contributed by atoms with E-state index in [9.17, 15) is 0 Å². The van der Waals surface area contributed by atoms with E-state index in [1.807, 2.05) is 18.2 Å². The summed E-state index contributed by atoms with van der Waals surface area (Å²) in [6, 6.07) is 8.50. The number of piperazine rings is 1. The number of rotatable bonds is 3. The standard InChI is InChI=1S/C14H22ClN3/c1-17-7-8-18(2)14(10-17)13(16)9-11-5-3-4-6-12(11)15/h3-6,13-14H,7-10,16H2,1-2H3. The molecule has 1 aliphatic rings. The Morgan fingerprint density at radius 2 is 2.06 bits per heavy atom. The van der Waals surface area contributed by atoms with Crippen molar-refractivity contribution in [2.24, 2.45) is 5.73 Å². The first-order valence-corrected chi connectivity index (χ1v) is 6.83. The number of likely N-dealkylation sites (N-methyl/N-ethyl adjacent to an activating group) is 2. The van der Waals surface area contributed by atoms with E-state index < -0.39 is 0 Å². The molecule has 0 aromatic heterocycles.